The first-order chi connectivity index (χ1) is 16.0. The maximum absolute atomic E-state index is 13.0. The number of pyridine rings is 2. The van der Waals surface area contributed by atoms with Crippen LogP contribution in [0.2, 0.25) is 0 Å². The topological polar surface area (TPSA) is 102 Å². The van der Waals surface area contributed by atoms with Gasteiger partial charge in [0.1, 0.15) is 11.4 Å². The predicted octanol–water partition coefficient (Wildman–Crippen LogP) is 2.85. The maximum Gasteiger partial charge on any atom is 0.272 e. The summed E-state index contributed by atoms with van der Waals surface area (Å²) in [7, 11) is 1.88. The highest BCUT2D eigenvalue weighted by Gasteiger charge is 2.32. The molecule has 5 rings (SSSR count). The number of aromatic nitrogens is 4. The van der Waals surface area contributed by atoms with Crippen LogP contribution in [-0.2, 0) is 18.2 Å². The summed E-state index contributed by atoms with van der Waals surface area (Å²) < 4.78 is 7.04. The molecule has 2 N–H and O–H groups in total. The van der Waals surface area contributed by atoms with Crippen molar-refractivity contribution in [3.63, 3.8) is 0 Å². The van der Waals surface area contributed by atoms with Gasteiger partial charge in [0.05, 0.1) is 30.6 Å². The van der Waals surface area contributed by atoms with Crippen molar-refractivity contribution >= 4 is 16.8 Å². The number of nitrogens with zero attached hydrogens (tertiary/aromatic N) is 4. The number of carbonyl (C=O) groups excluding carboxylic acids is 1. The standard InChI is InChI=1S/C25H25N5O3/c1-30-16-19(15-27-30)21-7-6-17(14-26-21)12-18-13-23(28-22-5-3-2-4-20(18)22)24(31)29-25(32)8-10-33-11-9-25/h2-7,13-16,32H,8-12H2,1H3,(H,29,31). The highest BCUT2D eigenvalue weighted by atomic mass is 16.5. The molecule has 1 aliphatic heterocycles. The number of aliphatic hydroxyl groups is 1. The number of para-hydroxylation sites is 1. The lowest BCUT2D eigenvalue weighted by Gasteiger charge is -2.32. The Labute approximate surface area is 191 Å². The van der Waals surface area contributed by atoms with Crippen LogP contribution >= 0.6 is 0 Å². The third-order valence-electron chi connectivity index (χ3n) is 5.92. The molecule has 4 aromatic rings. The Morgan fingerprint density at radius 2 is 2.00 bits per heavy atom. The average Bonchev–Trinajstić information content (AvgIpc) is 3.26. The van der Waals surface area contributed by atoms with Gasteiger partial charge in [-0.3, -0.25) is 14.5 Å². The van der Waals surface area contributed by atoms with Gasteiger partial charge in [-0.2, -0.15) is 5.10 Å². The summed E-state index contributed by atoms with van der Waals surface area (Å²) in [5.74, 6) is -0.392. The molecule has 0 bridgehead atoms. The first-order valence-corrected chi connectivity index (χ1v) is 10.9. The zero-order chi connectivity index (χ0) is 22.8. The summed E-state index contributed by atoms with van der Waals surface area (Å²) in [4.78, 5) is 22.1. The molecule has 1 aliphatic rings. The first-order valence-electron chi connectivity index (χ1n) is 10.9. The summed E-state index contributed by atoms with van der Waals surface area (Å²) in [6.07, 6.45) is 6.87. The largest absolute Gasteiger partial charge is 0.381 e. The molecule has 3 aromatic heterocycles. The molecular formula is C25H25N5O3. The Bertz CT molecular complexity index is 1290. The van der Waals surface area contributed by atoms with E-state index in [0.717, 1.165) is 33.3 Å². The molecular weight excluding hydrogens is 418 g/mol. The maximum atomic E-state index is 13.0. The molecule has 1 saturated heterocycles. The third-order valence-corrected chi connectivity index (χ3v) is 5.92. The lowest BCUT2D eigenvalue weighted by Crippen LogP contribution is -2.52. The number of nitrogens with one attached hydrogen (secondary N) is 1. The molecule has 4 heterocycles. The highest BCUT2D eigenvalue weighted by molar-refractivity contribution is 5.96. The van der Waals surface area contributed by atoms with Gasteiger partial charge in [-0.25, -0.2) is 4.98 Å². The second kappa shape index (κ2) is 8.73. The second-order valence-corrected chi connectivity index (χ2v) is 8.41. The Kier molecular flexibility index (Phi) is 5.62. The summed E-state index contributed by atoms with van der Waals surface area (Å²) in [5, 5.41) is 18.6. The van der Waals surface area contributed by atoms with Crippen molar-refractivity contribution in [3.8, 4) is 11.3 Å². The molecule has 1 amide bonds. The van der Waals surface area contributed by atoms with Crippen molar-refractivity contribution in [2.24, 2.45) is 7.05 Å². The quantitative estimate of drug-likeness (QED) is 0.460. The molecule has 0 saturated carbocycles. The Balaban J connectivity index is 1.43. The number of rotatable bonds is 5. The number of amides is 1. The van der Waals surface area contributed by atoms with Crippen molar-refractivity contribution in [2.45, 2.75) is 25.0 Å². The van der Waals surface area contributed by atoms with E-state index in [1.807, 2.05) is 55.8 Å². The van der Waals surface area contributed by atoms with Gasteiger partial charge in [0.15, 0.2) is 0 Å². The zero-order valence-corrected chi connectivity index (χ0v) is 18.4. The van der Waals surface area contributed by atoms with Gasteiger partial charge >= 0.3 is 0 Å². The molecule has 0 atom stereocenters. The number of aryl methyl sites for hydroxylation is 1. The van der Waals surface area contributed by atoms with Gasteiger partial charge in [-0.05, 0) is 35.7 Å². The van der Waals surface area contributed by atoms with Crippen LogP contribution in [0, 0.1) is 0 Å². The van der Waals surface area contributed by atoms with Crippen molar-refractivity contribution in [3.05, 3.63) is 77.9 Å². The van der Waals surface area contributed by atoms with Gasteiger partial charge in [0, 0.05) is 43.2 Å². The van der Waals surface area contributed by atoms with Crippen LogP contribution in [0.15, 0.2) is 61.1 Å². The van der Waals surface area contributed by atoms with Gasteiger partial charge in [0.25, 0.3) is 5.91 Å². The molecule has 1 fully saturated rings. The van der Waals surface area contributed by atoms with Crippen LogP contribution in [0.25, 0.3) is 22.2 Å². The van der Waals surface area contributed by atoms with E-state index in [-0.39, 0.29) is 5.69 Å². The molecule has 168 valence electrons. The Morgan fingerprint density at radius 3 is 2.73 bits per heavy atom. The van der Waals surface area contributed by atoms with E-state index < -0.39 is 11.6 Å². The molecule has 33 heavy (non-hydrogen) atoms. The minimum Gasteiger partial charge on any atom is -0.381 e. The zero-order valence-electron chi connectivity index (χ0n) is 18.4. The van der Waals surface area contributed by atoms with Crippen LogP contribution in [-0.4, -0.2) is 49.7 Å². The van der Waals surface area contributed by atoms with Crippen molar-refractivity contribution in [1.82, 2.24) is 25.1 Å². The van der Waals surface area contributed by atoms with E-state index in [1.165, 1.54) is 0 Å². The number of carbonyl (C=O) groups is 1. The normalized spacial score (nSPS) is 15.5. The van der Waals surface area contributed by atoms with Crippen LogP contribution in [0.5, 0.6) is 0 Å². The minimum absolute atomic E-state index is 0.281. The molecule has 0 spiro atoms. The molecule has 0 aliphatic carbocycles. The summed E-state index contributed by atoms with van der Waals surface area (Å²) in [6, 6.07) is 13.6. The number of hydrogen-bond acceptors (Lipinski definition) is 6. The molecule has 0 radical (unpaired) electrons. The van der Waals surface area contributed by atoms with Crippen molar-refractivity contribution in [1.29, 1.82) is 0 Å². The number of benzene rings is 1. The van der Waals surface area contributed by atoms with Crippen molar-refractivity contribution in [2.75, 3.05) is 13.2 Å². The fourth-order valence-electron chi connectivity index (χ4n) is 4.09. The smallest absolute Gasteiger partial charge is 0.272 e. The molecule has 1 aromatic carbocycles. The molecule has 8 heteroatoms. The van der Waals surface area contributed by atoms with Crippen LogP contribution in [0.1, 0.15) is 34.5 Å². The first kappa shape index (κ1) is 21.2. The van der Waals surface area contributed by atoms with Crippen LogP contribution in [0.4, 0.5) is 0 Å². The molecule has 0 unspecified atom stereocenters. The number of ether oxygens (including phenoxy) is 1. The van der Waals surface area contributed by atoms with Gasteiger partial charge in [-0.1, -0.05) is 24.3 Å². The van der Waals surface area contributed by atoms with E-state index in [2.05, 4.69) is 20.4 Å². The van der Waals surface area contributed by atoms with E-state index in [9.17, 15) is 9.90 Å². The van der Waals surface area contributed by atoms with Gasteiger partial charge < -0.3 is 15.2 Å². The fraction of sp³-hybridized carbons (Fsp3) is 0.280. The third kappa shape index (κ3) is 4.62. The molecule has 8 nitrogen and oxygen atoms in total. The number of hydrogen-bond donors (Lipinski definition) is 2. The fourth-order valence-corrected chi connectivity index (χ4v) is 4.09. The monoisotopic (exact) mass is 443 g/mol. The Morgan fingerprint density at radius 1 is 1.18 bits per heavy atom. The predicted molar refractivity (Wildman–Crippen MR) is 123 cm³/mol. The number of fused-ring (bicyclic) bond motifs is 1. The van der Waals surface area contributed by atoms with E-state index in [4.69, 9.17) is 4.74 Å². The summed E-state index contributed by atoms with van der Waals surface area (Å²) in [5.41, 5.74) is 3.56. The minimum atomic E-state index is -1.27. The summed E-state index contributed by atoms with van der Waals surface area (Å²) >= 11 is 0. The Hall–Kier alpha value is -3.62. The van der Waals surface area contributed by atoms with Gasteiger partial charge in [0.2, 0.25) is 0 Å². The van der Waals surface area contributed by atoms with E-state index in [1.54, 1.807) is 16.9 Å². The van der Waals surface area contributed by atoms with E-state index >= 15 is 0 Å². The second-order valence-electron chi connectivity index (χ2n) is 8.41. The SMILES string of the molecule is Cn1cc(-c2ccc(Cc3cc(C(=O)NC4(O)CCOCC4)nc4ccccc34)cn2)cn1. The average molecular weight is 444 g/mol. The lowest BCUT2D eigenvalue weighted by molar-refractivity contribution is -0.0781. The highest BCUT2D eigenvalue weighted by Crippen LogP contribution is 2.24. The van der Waals surface area contributed by atoms with Crippen LogP contribution < -0.4 is 5.32 Å². The van der Waals surface area contributed by atoms with E-state index in [0.29, 0.717) is 32.5 Å². The summed E-state index contributed by atoms with van der Waals surface area (Å²) in [6.45, 7) is 0.824. The van der Waals surface area contributed by atoms with Crippen molar-refractivity contribution < 1.29 is 14.6 Å². The van der Waals surface area contributed by atoms with Crippen LogP contribution in [0.3, 0.4) is 0 Å². The lowest BCUT2D eigenvalue weighted by atomic mass is 10.00. The van der Waals surface area contributed by atoms with Gasteiger partial charge in [-0.15, -0.1) is 0 Å².